The second-order valence-electron chi connectivity index (χ2n) is 4.63. The Bertz CT molecular complexity index is 594. The van der Waals surface area contributed by atoms with Gasteiger partial charge in [-0.25, -0.2) is 4.79 Å². The van der Waals surface area contributed by atoms with E-state index in [-0.39, 0.29) is 6.61 Å². The van der Waals surface area contributed by atoms with E-state index in [1.54, 1.807) is 31.2 Å². The topological polar surface area (TPSA) is 76.0 Å². The van der Waals surface area contributed by atoms with Crippen molar-refractivity contribution in [1.29, 1.82) is 0 Å². The number of carbonyl (C=O) groups is 1. The van der Waals surface area contributed by atoms with Gasteiger partial charge in [-0.05, 0) is 36.8 Å². The van der Waals surface area contributed by atoms with Gasteiger partial charge >= 0.3 is 5.97 Å². The zero-order valence-corrected chi connectivity index (χ0v) is 12.2. The first-order valence-corrected chi connectivity index (χ1v) is 6.97. The predicted octanol–water partition coefficient (Wildman–Crippen LogP) is 2.44. The van der Waals surface area contributed by atoms with Crippen molar-refractivity contribution < 1.29 is 24.5 Å². The minimum Gasteiger partial charge on any atom is -0.464 e. The van der Waals surface area contributed by atoms with Crippen molar-refractivity contribution in [1.82, 2.24) is 0 Å². The molecule has 0 radical (unpaired) electrons. The van der Waals surface area contributed by atoms with Crippen molar-refractivity contribution in [3.63, 3.8) is 0 Å². The number of ether oxygens (including phenoxy) is 2. The molecule has 22 heavy (non-hydrogen) atoms. The van der Waals surface area contributed by atoms with Crippen LogP contribution in [0.3, 0.4) is 0 Å². The van der Waals surface area contributed by atoms with E-state index in [0.717, 1.165) is 0 Å². The molecule has 0 bridgehead atoms. The van der Waals surface area contributed by atoms with Gasteiger partial charge in [0.25, 0.3) is 0 Å². The first kappa shape index (κ1) is 16.0. The zero-order chi connectivity index (χ0) is 15.9. The van der Waals surface area contributed by atoms with Crippen molar-refractivity contribution in [2.45, 2.75) is 19.1 Å². The second-order valence-corrected chi connectivity index (χ2v) is 4.63. The van der Waals surface area contributed by atoms with Gasteiger partial charge in [0.15, 0.2) is 6.10 Å². The normalized spacial score (nSPS) is 13.2. The lowest BCUT2D eigenvalue weighted by Gasteiger charge is -2.17. The molecule has 2 aromatic carbocycles. The van der Waals surface area contributed by atoms with Crippen LogP contribution in [0.2, 0.25) is 0 Å². The largest absolute Gasteiger partial charge is 0.464 e. The zero-order valence-electron chi connectivity index (χ0n) is 12.2. The highest BCUT2D eigenvalue weighted by atomic mass is 16.5. The van der Waals surface area contributed by atoms with Crippen LogP contribution in [0.15, 0.2) is 54.6 Å². The summed E-state index contributed by atoms with van der Waals surface area (Å²) in [6, 6.07) is 15.8. The fourth-order valence-electron chi connectivity index (χ4n) is 1.90. The molecule has 0 heterocycles. The highest BCUT2D eigenvalue weighted by molar-refractivity contribution is 5.75. The molecular formula is C17H18O5. The Morgan fingerprint density at radius 1 is 1.00 bits per heavy atom. The van der Waals surface area contributed by atoms with E-state index in [9.17, 15) is 15.0 Å². The van der Waals surface area contributed by atoms with Crippen LogP contribution in [-0.4, -0.2) is 28.9 Å². The average Bonchev–Trinajstić information content (AvgIpc) is 2.55. The third-order valence-electron chi connectivity index (χ3n) is 3.03. The molecule has 0 aliphatic heterocycles. The number of benzene rings is 2. The summed E-state index contributed by atoms with van der Waals surface area (Å²) in [6.45, 7) is 1.78. The maximum absolute atomic E-state index is 11.4. The van der Waals surface area contributed by atoms with Gasteiger partial charge < -0.3 is 19.7 Å². The van der Waals surface area contributed by atoms with Gasteiger partial charge in [0.2, 0.25) is 0 Å². The number of carbonyl (C=O) groups excluding carboxylic acids is 1. The smallest absolute Gasteiger partial charge is 0.338 e. The molecule has 0 saturated heterocycles. The quantitative estimate of drug-likeness (QED) is 0.802. The van der Waals surface area contributed by atoms with Crippen molar-refractivity contribution in [3.8, 4) is 11.5 Å². The van der Waals surface area contributed by atoms with E-state index < -0.39 is 18.2 Å². The Morgan fingerprint density at radius 3 is 2.18 bits per heavy atom. The number of hydrogen-bond donors (Lipinski definition) is 2. The molecule has 0 aliphatic rings. The van der Waals surface area contributed by atoms with Gasteiger partial charge in [-0.15, -0.1) is 0 Å². The van der Waals surface area contributed by atoms with E-state index in [2.05, 4.69) is 4.74 Å². The van der Waals surface area contributed by atoms with Crippen molar-refractivity contribution in [3.05, 3.63) is 60.2 Å². The Hall–Kier alpha value is -2.37. The first-order chi connectivity index (χ1) is 10.6. The average molecular weight is 302 g/mol. The van der Waals surface area contributed by atoms with Crippen LogP contribution in [0.1, 0.15) is 18.6 Å². The molecule has 0 fully saturated rings. The highest BCUT2D eigenvalue weighted by Gasteiger charge is 2.26. The molecule has 2 unspecified atom stereocenters. The van der Waals surface area contributed by atoms with Gasteiger partial charge in [-0.2, -0.15) is 0 Å². The lowest BCUT2D eigenvalue weighted by atomic mass is 10.0. The molecule has 0 amide bonds. The monoisotopic (exact) mass is 302 g/mol. The fraction of sp³-hybridized carbons (Fsp3) is 0.235. The number of aliphatic hydroxyl groups is 2. The minimum atomic E-state index is -1.61. The lowest BCUT2D eigenvalue weighted by Crippen LogP contribution is -2.29. The standard InChI is InChI=1S/C17H18O5/c1-2-21-17(20)16(19)15(18)12-8-10-14(11-9-12)22-13-6-4-3-5-7-13/h3-11,15-16,18-19H,2H2,1H3. The van der Waals surface area contributed by atoms with E-state index in [1.165, 1.54) is 0 Å². The Balaban J connectivity index is 2.03. The SMILES string of the molecule is CCOC(=O)C(O)C(O)c1ccc(Oc2ccccc2)cc1. The van der Waals surface area contributed by atoms with Crippen molar-refractivity contribution in [2.24, 2.45) is 0 Å². The maximum atomic E-state index is 11.4. The summed E-state index contributed by atoms with van der Waals surface area (Å²) in [5, 5.41) is 19.7. The summed E-state index contributed by atoms with van der Waals surface area (Å²) in [5.74, 6) is 0.440. The van der Waals surface area contributed by atoms with Gasteiger partial charge in [0, 0.05) is 0 Å². The van der Waals surface area contributed by atoms with Gasteiger partial charge in [-0.1, -0.05) is 30.3 Å². The lowest BCUT2D eigenvalue weighted by molar-refractivity contribution is -0.159. The predicted molar refractivity (Wildman–Crippen MR) is 80.6 cm³/mol. The van der Waals surface area contributed by atoms with Gasteiger partial charge in [0.1, 0.15) is 17.6 Å². The summed E-state index contributed by atoms with van der Waals surface area (Å²) >= 11 is 0. The molecule has 5 nitrogen and oxygen atoms in total. The molecule has 2 rings (SSSR count). The molecule has 5 heteroatoms. The molecule has 0 aliphatic carbocycles. The van der Waals surface area contributed by atoms with Crippen LogP contribution in [0.4, 0.5) is 0 Å². The molecular weight excluding hydrogens is 284 g/mol. The molecule has 2 atom stereocenters. The molecule has 0 saturated carbocycles. The Kier molecular flexibility index (Phi) is 5.52. The summed E-state index contributed by atoms with van der Waals surface area (Å²) in [6.07, 6.45) is -2.95. The number of esters is 1. The summed E-state index contributed by atoms with van der Waals surface area (Å²) in [5.41, 5.74) is 0.404. The second kappa shape index (κ2) is 7.59. The van der Waals surface area contributed by atoms with Crippen molar-refractivity contribution >= 4 is 5.97 Å². The number of rotatable bonds is 6. The van der Waals surface area contributed by atoms with E-state index >= 15 is 0 Å². The van der Waals surface area contributed by atoms with E-state index in [1.807, 2.05) is 30.3 Å². The first-order valence-electron chi connectivity index (χ1n) is 6.97. The van der Waals surface area contributed by atoms with Crippen LogP contribution in [0.25, 0.3) is 0 Å². The molecule has 0 aromatic heterocycles. The van der Waals surface area contributed by atoms with Crippen LogP contribution in [0.5, 0.6) is 11.5 Å². The fourth-order valence-corrected chi connectivity index (χ4v) is 1.90. The van der Waals surface area contributed by atoms with Crippen LogP contribution in [-0.2, 0) is 9.53 Å². The molecule has 2 N–H and O–H groups in total. The van der Waals surface area contributed by atoms with Crippen molar-refractivity contribution in [2.75, 3.05) is 6.61 Å². The van der Waals surface area contributed by atoms with Gasteiger partial charge in [-0.3, -0.25) is 0 Å². The molecule has 0 spiro atoms. The Morgan fingerprint density at radius 2 is 1.59 bits per heavy atom. The Labute approximate surface area is 128 Å². The van der Waals surface area contributed by atoms with Crippen LogP contribution >= 0.6 is 0 Å². The number of hydrogen-bond acceptors (Lipinski definition) is 5. The maximum Gasteiger partial charge on any atom is 0.338 e. The third-order valence-corrected chi connectivity index (χ3v) is 3.03. The van der Waals surface area contributed by atoms with E-state index in [4.69, 9.17) is 4.74 Å². The molecule has 2 aromatic rings. The number of para-hydroxylation sites is 1. The van der Waals surface area contributed by atoms with E-state index in [0.29, 0.717) is 17.1 Å². The van der Waals surface area contributed by atoms with Crippen LogP contribution in [0, 0.1) is 0 Å². The minimum absolute atomic E-state index is 0.145. The summed E-state index contributed by atoms with van der Waals surface area (Å²) < 4.78 is 10.3. The summed E-state index contributed by atoms with van der Waals surface area (Å²) in [4.78, 5) is 11.4. The number of aliphatic hydroxyl groups excluding tert-OH is 2. The third kappa shape index (κ3) is 4.07. The van der Waals surface area contributed by atoms with Gasteiger partial charge in [0.05, 0.1) is 6.61 Å². The highest BCUT2D eigenvalue weighted by Crippen LogP contribution is 2.24. The summed E-state index contributed by atoms with van der Waals surface area (Å²) in [7, 11) is 0. The molecule has 116 valence electrons. The van der Waals surface area contributed by atoms with Crippen LogP contribution < -0.4 is 4.74 Å².